The first-order valence-corrected chi connectivity index (χ1v) is 8.72. The number of benzene rings is 1. The molecule has 26 heavy (non-hydrogen) atoms. The Hall–Kier alpha value is -3.15. The van der Waals surface area contributed by atoms with E-state index in [4.69, 9.17) is 0 Å². The molecule has 0 saturated heterocycles. The lowest BCUT2D eigenvalue weighted by Gasteiger charge is -2.14. The highest BCUT2D eigenvalue weighted by Crippen LogP contribution is 2.06. The van der Waals surface area contributed by atoms with Gasteiger partial charge in [0, 0.05) is 31.2 Å². The molecule has 3 aromatic rings. The van der Waals surface area contributed by atoms with E-state index in [0.29, 0.717) is 6.54 Å². The fourth-order valence-electron chi connectivity index (χ4n) is 2.63. The molecule has 6 heteroatoms. The van der Waals surface area contributed by atoms with Crippen LogP contribution < -0.4 is 10.6 Å². The third-order valence-corrected chi connectivity index (χ3v) is 4.12. The monoisotopic (exact) mass is 349 g/mol. The number of carbonyl (C=O) groups excluding carboxylic acids is 1. The third kappa shape index (κ3) is 5.17. The number of nitrogens with one attached hydrogen (secondary N) is 2. The van der Waals surface area contributed by atoms with Crippen LogP contribution in [-0.4, -0.2) is 26.6 Å². The summed E-state index contributed by atoms with van der Waals surface area (Å²) in [5.74, 6) is 0.797. The van der Waals surface area contributed by atoms with Crippen LogP contribution in [0.25, 0.3) is 5.82 Å². The van der Waals surface area contributed by atoms with E-state index < -0.39 is 0 Å². The van der Waals surface area contributed by atoms with Crippen molar-refractivity contribution in [2.45, 2.75) is 32.4 Å². The second-order valence-electron chi connectivity index (χ2n) is 6.25. The predicted octanol–water partition coefficient (Wildman–Crippen LogP) is 3.09. The molecule has 1 aromatic carbocycles. The number of hydrogen-bond acceptors (Lipinski definition) is 3. The molecule has 6 nitrogen and oxygen atoms in total. The number of imidazole rings is 1. The molecule has 0 fully saturated rings. The van der Waals surface area contributed by atoms with E-state index in [2.05, 4.69) is 32.7 Å². The molecule has 3 rings (SSSR count). The van der Waals surface area contributed by atoms with Gasteiger partial charge < -0.3 is 10.6 Å². The van der Waals surface area contributed by atoms with Crippen molar-refractivity contribution in [3.63, 3.8) is 0 Å². The van der Waals surface area contributed by atoms with Gasteiger partial charge in [-0.2, -0.15) is 0 Å². The largest absolute Gasteiger partial charge is 0.336 e. The lowest BCUT2D eigenvalue weighted by atomic mass is 10.1. The third-order valence-electron chi connectivity index (χ3n) is 4.12. The van der Waals surface area contributed by atoms with E-state index in [1.165, 1.54) is 5.56 Å². The summed E-state index contributed by atoms with van der Waals surface area (Å²) < 4.78 is 1.83. The summed E-state index contributed by atoms with van der Waals surface area (Å²) >= 11 is 0. The van der Waals surface area contributed by atoms with Crippen LogP contribution in [0.5, 0.6) is 0 Å². The Bertz CT molecular complexity index is 800. The smallest absolute Gasteiger partial charge is 0.315 e. The molecule has 0 radical (unpaired) electrons. The zero-order valence-corrected chi connectivity index (χ0v) is 14.8. The molecule has 0 aliphatic rings. The van der Waals surface area contributed by atoms with Crippen molar-refractivity contribution in [2.75, 3.05) is 0 Å². The normalized spacial score (nSPS) is 11.7. The highest BCUT2D eigenvalue weighted by Gasteiger charge is 2.07. The van der Waals surface area contributed by atoms with E-state index >= 15 is 0 Å². The lowest BCUT2D eigenvalue weighted by molar-refractivity contribution is 0.237. The Morgan fingerprint density at radius 3 is 2.69 bits per heavy atom. The van der Waals surface area contributed by atoms with Crippen molar-refractivity contribution in [3.05, 3.63) is 78.5 Å². The lowest BCUT2D eigenvalue weighted by Crippen LogP contribution is -2.40. The van der Waals surface area contributed by atoms with Gasteiger partial charge in [0.15, 0.2) is 0 Å². The Morgan fingerprint density at radius 1 is 1.15 bits per heavy atom. The molecular formula is C20H23N5O. The summed E-state index contributed by atoms with van der Waals surface area (Å²) in [6.07, 6.45) is 8.85. The Balaban J connectivity index is 1.40. The fraction of sp³-hybridized carbons (Fsp3) is 0.250. The zero-order chi connectivity index (χ0) is 18.2. The van der Waals surface area contributed by atoms with Crippen molar-refractivity contribution >= 4 is 6.03 Å². The average Bonchev–Trinajstić information content (AvgIpc) is 3.21. The van der Waals surface area contributed by atoms with E-state index in [1.54, 1.807) is 18.7 Å². The summed E-state index contributed by atoms with van der Waals surface area (Å²) in [5, 5.41) is 5.84. The molecule has 0 saturated carbocycles. The zero-order valence-electron chi connectivity index (χ0n) is 14.8. The molecule has 0 aliphatic carbocycles. The molecule has 2 aromatic heterocycles. The van der Waals surface area contributed by atoms with Gasteiger partial charge in [0.25, 0.3) is 0 Å². The van der Waals surface area contributed by atoms with Crippen LogP contribution in [0.15, 0.2) is 67.4 Å². The number of aryl methyl sites for hydroxylation is 1. The second kappa shape index (κ2) is 8.80. The molecule has 2 N–H and O–H groups in total. The minimum absolute atomic E-state index is 0.108. The van der Waals surface area contributed by atoms with Crippen LogP contribution in [-0.2, 0) is 13.0 Å². The van der Waals surface area contributed by atoms with Crippen molar-refractivity contribution in [1.29, 1.82) is 0 Å². The SMILES string of the molecule is CC(CCc1ccccc1)NC(=O)NCc1ccc(-n2ccnc2)nc1. The van der Waals surface area contributed by atoms with E-state index in [0.717, 1.165) is 24.2 Å². The van der Waals surface area contributed by atoms with Gasteiger partial charge in [-0.1, -0.05) is 36.4 Å². The number of nitrogens with zero attached hydrogens (tertiary/aromatic N) is 3. The van der Waals surface area contributed by atoms with Crippen LogP contribution >= 0.6 is 0 Å². The van der Waals surface area contributed by atoms with Crippen LogP contribution in [0.1, 0.15) is 24.5 Å². The summed E-state index contributed by atoms with van der Waals surface area (Å²) in [5.41, 5.74) is 2.23. The standard InChI is InChI=1S/C20H23N5O/c1-16(7-8-17-5-3-2-4-6-17)24-20(26)23-14-18-9-10-19(22-13-18)25-12-11-21-15-25/h2-6,9-13,15-16H,7-8,14H2,1H3,(H2,23,24,26). The highest BCUT2D eigenvalue weighted by molar-refractivity contribution is 5.74. The number of aromatic nitrogens is 3. The van der Waals surface area contributed by atoms with Crippen molar-refractivity contribution in [2.24, 2.45) is 0 Å². The van der Waals surface area contributed by atoms with E-state index in [9.17, 15) is 4.79 Å². The van der Waals surface area contributed by atoms with Gasteiger partial charge in [-0.25, -0.2) is 14.8 Å². The van der Waals surface area contributed by atoms with Crippen molar-refractivity contribution in [1.82, 2.24) is 25.2 Å². The molecule has 1 atom stereocenters. The Kier molecular flexibility index (Phi) is 5.98. The van der Waals surface area contributed by atoms with Crippen LogP contribution in [0.3, 0.4) is 0 Å². The van der Waals surface area contributed by atoms with E-state index in [-0.39, 0.29) is 12.1 Å². The number of rotatable bonds is 7. The first-order valence-electron chi connectivity index (χ1n) is 8.72. The fourth-order valence-corrected chi connectivity index (χ4v) is 2.63. The summed E-state index contributed by atoms with van der Waals surface area (Å²) in [7, 11) is 0. The van der Waals surface area contributed by atoms with Gasteiger partial charge >= 0.3 is 6.03 Å². The van der Waals surface area contributed by atoms with Gasteiger partial charge in [-0.05, 0) is 37.0 Å². The maximum absolute atomic E-state index is 12.0. The van der Waals surface area contributed by atoms with Gasteiger partial charge in [0.05, 0.1) is 0 Å². The van der Waals surface area contributed by atoms with Gasteiger partial charge in [-0.3, -0.25) is 4.57 Å². The number of urea groups is 1. The highest BCUT2D eigenvalue weighted by atomic mass is 16.2. The van der Waals surface area contributed by atoms with Crippen LogP contribution in [0.2, 0.25) is 0 Å². The van der Waals surface area contributed by atoms with Gasteiger partial charge in [-0.15, -0.1) is 0 Å². The number of pyridine rings is 1. The molecule has 0 spiro atoms. The Morgan fingerprint density at radius 2 is 2.00 bits per heavy atom. The minimum atomic E-state index is -0.163. The topological polar surface area (TPSA) is 71.8 Å². The number of carbonyl (C=O) groups is 1. The molecule has 0 aliphatic heterocycles. The summed E-state index contributed by atoms with van der Waals surface area (Å²) in [4.78, 5) is 20.4. The first-order chi connectivity index (χ1) is 12.7. The Labute approximate surface area is 153 Å². The summed E-state index contributed by atoms with van der Waals surface area (Å²) in [6.45, 7) is 2.46. The second-order valence-corrected chi connectivity index (χ2v) is 6.25. The molecule has 1 unspecified atom stereocenters. The quantitative estimate of drug-likeness (QED) is 0.688. The average molecular weight is 349 g/mol. The van der Waals surface area contributed by atoms with Gasteiger partial charge in [0.1, 0.15) is 12.1 Å². The van der Waals surface area contributed by atoms with Crippen LogP contribution in [0.4, 0.5) is 4.79 Å². The summed E-state index contributed by atoms with van der Waals surface area (Å²) in [6, 6.07) is 14.1. The first kappa shape index (κ1) is 17.7. The van der Waals surface area contributed by atoms with Crippen molar-refractivity contribution < 1.29 is 4.79 Å². The van der Waals surface area contributed by atoms with Gasteiger partial charge in [0.2, 0.25) is 0 Å². The molecule has 134 valence electrons. The molecule has 2 amide bonds. The van der Waals surface area contributed by atoms with Crippen LogP contribution in [0, 0.1) is 0 Å². The maximum Gasteiger partial charge on any atom is 0.315 e. The van der Waals surface area contributed by atoms with E-state index in [1.807, 2.05) is 48.0 Å². The minimum Gasteiger partial charge on any atom is -0.336 e. The molecular weight excluding hydrogens is 326 g/mol. The van der Waals surface area contributed by atoms with Crippen molar-refractivity contribution in [3.8, 4) is 5.82 Å². The number of amides is 2. The number of hydrogen-bond donors (Lipinski definition) is 2. The molecule has 2 heterocycles. The predicted molar refractivity (Wildman–Crippen MR) is 101 cm³/mol. The maximum atomic E-state index is 12.0. The molecule has 0 bridgehead atoms.